The van der Waals surface area contributed by atoms with Gasteiger partial charge in [0.2, 0.25) is 5.75 Å². The highest BCUT2D eigenvalue weighted by Gasteiger charge is 2.27. The predicted molar refractivity (Wildman–Crippen MR) is 145 cm³/mol. The Morgan fingerprint density at radius 3 is 2.03 bits per heavy atom. The maximum Gasteiger partial charge on any atom is 0.514 e. The highest BCUT2D eigenvalue weighted by molar-refractivity contribution is 5.99. The molecular weight excluding hydrogens is 500 g/mol. The number of pyridine rings is 1. The van der Waals surface area contributed by atoms with Crippen molar-refractivity contribution in [3.05, 3.63) is 88.7 Å². The number of nitrogens with zero attached hydrogens (tertiary/aromatic N) is 2. The topological polar surface area (TPSA) is 119 Å². The second-order valence-corrected chi connectivity index (χ2v) is 8.98. The molecule has 2 aromatic carbocycles. The molecule has 0 spiro atoms. The molecule has 3 rings (SSSR count). The van der Waals surface area contributed by atoms with E-state index in [2.05, 4.69) is 15.7 Å². The van der Waals surface area contributed by atoms with Crippen molar-refractivity contribution in [2.24, 2.45) is 0 Å². The summed E-state index contributed by atoms with van der Waals surface area (Å²) in [4.78, 5) is 42.1. The van der Waals surface area contributed by atoms with E-state index >= 15 is 0 Å². The quantitative estimate of drug-likeness (QED) is 0.295. The molecule has 1 aromatic heterocycles. The van der Waals surface area contributed by atoms with Crippen LogP contribution in [0.25, 0.3) is 0 Å². The first kappa shape index (κ1) is 29.1. The molecule has 3 aromatic rings. The minimum atomic E-state index is -1.01. The van der Waals surface area contributed by atoms with Crippen molar-refractivity contribution in [1.29, 1.82) is 0 Å². The van der Waals surface area contributed by atoms with Crippen molar-refractivity contribution < 1.29 is 28.6 Å². The summed E-state index contributed by atoms with van der Waals surface area (Å²) < 4.78 is 15.2. The van der Waals surface area contributed by atoms with Crippen LogP contribution in [0.4, 0.5) is 4.79 Å². The number of hydrazine groups is 1. The number of methoxy groups -OCH3 is 1. The van der Waals surface area contributed by atoms with Crippen LogP contribution in [0, 0.1) is 13.8 Å². The number of nitrogens with one attached hydrogen (secondary N) is 2. The predicted octanol–water partition coefficient (Wildman–Crippen LogP) is 4.11. The lowest BCUT2D eigenvalue weighted by atomic mass is 9.97. The van der Waals surface area contributed by atoms with Crippen molar-refractivity contribution in [3.8, 4) is 11.5 Å². The second kappa shape index (κ2) is 13.4. The van der Waals surface area contributed by atoms with Gasteiger partial charge in [0, 0.05) is 19.3 Å². The number of hydrogen-bond donors (Lipinski definition) is 2. The van der Waals surface area contributed by atoms with Gasteiger partial charge >= 0.3 is 6.16 Å². The van der Waals surface area contributed by atoms with Crippen molar-refractivity contribution in [1.82, 2.24) is 20.7 Å². The van der Waals surface area contributed by atoms with Gasteiger partial charge in [-0.1, -0.05) is 59.7 Å². The summed E-state index contributed by atoms with van der Waals surface area (Å²) in [5.41, 5.74) is 6.88. The first-order valence-electron chi connectivity index (χ1n) is 12.5. The van der Waals surface area contributed by atoms with Gasteiger partial charge in [0.25, 0.3) is 11.8 Å². The van der Waals surface area contributed by atoms with Gasteiger partial charge in [-0.25, -0.2) is 14.8 Å². The van der Waals surface area contributed by atoms with E-state index in [4.69, 9.17) is 14.2 Å². The van der Waals surface area contributed by atoms with Crippen molar-refractivity contribution in [2.45, 2.75) is 39.8 Å². The van der Waals surface area contributed by atoms with Crippen molar-refractivity contribution >= 4 is 18.0 Å². The van der Waals surface area contributed by atoms with Crippen molar-refractivity contribution in [2.75, 3.05) is 20.8 Å². The summed E-state index contributed by atoms with van der Waals surface area (Å²) in [5.74, 6) is -1.28. The largest absolute Gasteiger partial charge is 0.514 e. The number of aromatic nitrogens is 1. The van der Waals surface area contributed by atoms with Crippen LogP contribution in [0.15, 0.2) is 60.8 Å². The van der Waals surface area contributed by atoms with Gasteiger partial charge in [-0.05, 0) is 38.8 Å². The highest BCUT2D eigenvalue weighted by Crippen LogP contribution is 2.30. The summed E-state index contributed by atoms with van der Waals surface area (Å²) in [6.45, 7) is 7.27. The number of amides is 2. The number of hydrogen-bond acceptors (Lipinski definition) is 8. The normalized spacial score (nSPS) is 11.6. The van der Waals surface area contributed by atoms with E-state index in [-0.39, 0.29) is 29.8 Å². The molecule has 2 N–H and O–H groups in total. The Morgan fingerprint density at radius 1 is 0.949 bits per heavy atom. The minimum absolute atomic E-state index is 0.0832. The summed E-state index contributed by atoms with van der Waals surface area (Å²) in [6, 6.07) is 16.4. The van der Waals surface area contributed by atoms with Gasteiger partial charge < -0.3 is 19.5 Å². The third-order valence-electron chi connectivity index (χ3n) is 5.95. The zero-order valence-corrected chi connectivity index (χ0v) is 23.0. The molecule has 0 unspecified atom stereocenters. The molecule has 0 saturated carbocycles. The Balaban J connectivity index is 1.77. The summed E-state index contributed by atoms with van der Waals surface area (Å²) in [5, 5.41) is 4.31. The molecule has 0 aliphatic heterocycles. The smallest absolute Gasteiger partial charge is 0.493 e. The van der Waals surface area contributed by atoms with Crippen LogP contribution in [0.2, 0.25) is 0 Å². The van der Waals surface area contributed by atoms with Gasteiger partial charge in [-0.3, -0.25) is 15.0 Å². The minimum Gasteiger partial charge on any atom is -0.493 e. The Labute approximate surface area is 228 Å². The molecule has 0 aliphatic carbocycles. The molecule has 0 fully saturated rings. The van der Waals surface area contributed by atoms with Gasteiger partial charge in [-0.15, -0.1) is 0 Å². The van der Waals surface area contributed by atoms with E-state index in [0.29, 0.717) is 0 Å². The lowest BCUT2D eigenvalue weighted by Gasteiger charge is -2.30. The summed E-state index contributed by atoms with van der Waals surface area (Å²) in [6.07, 6.45) is 0.321. The maximum absolute atomic E-state index is 13.1. The number of benzene rings is 2. The fourth-order valence-corrected chi connectivity index (χ4v) is 3.89. The first-order chi connectivity index (χ1) is 18.6. The Kier molecular flexibility index (Phi) is 9.99. The van der Waals surface area contributed by atoms with E-state index < -0.39 is 24.0 Å². The fourth-order valence-electron chi connectivity index (χ4n) is 3.89. The standard InChI is InChI=1S/C29H34N4O6/c1-7-38-29(36)39-26-23(37-6)16-17-30-24(26)28(35)31-20(4)27(34)32-33(5)25(21-12-8-18(2)9-13-21)22-14-10-19(3)11-15-22/h8-17,20,25H,7H2,1-6H3,(H,31,35)(H,32,34)/t20-/m0/s1. The van der Waals surface area contributed by atoms with E-state index in [1.54, 1.807) is 25.9 Å². The van der Waals surface area contributed by atoms with Gasteiger partial charge in [0.15, 0.2) is 11.4 Å². The van der Waals surface area contributed by atoms with E-state index in [9.17, 15) is 14.4 Å². The van der Waals surface area contributed by atoms with Gasteiger partial charge in [0.1, 0.15) is 6.04 Å². The zero-order valence-electron chi connectivity index (χ0n) is 23.0. The lowest BCUT2D eigenvalue weighted by molar-refractivity contribution is -0.127. The molecule has 206 valence electrons. The molecule has 10 nitrogen and oxygen atoms in total. The molecule has 39 heavy (non-hydrogen) atoms. The molecule has 0 radical (unpaired) electrons. The SMILES string of the molecule is CCOC(=O)Oc1c(OC)ccnc1C(=O)N[C@@H](C)C(=O)NN(C)C(c1ccc(C)cc1)c1ccc(C)cc1. The van der Waals surface area contributed by atoms with Crippen molar-refractivity contribution in [3.63, 3.8) is 0 Å². The van der Waals surface area contributed by atoms with Crippen LogP contribution in [0.1, 0.15) is 52.6 Å². The number of aryl methyl sites for hydroxylation is 2. The van der Waals surface area contributed by atoms with Crippen LogP contribution >= 0.6 is 0 Å². The maximum atomic E-state index is 13.1. The number of rotatable bonds is 10. The van der Waals surface area contributed by atoms with Crippen LogP contribution in [-0.4, -0.2) is 54.8 Å². The molecule has 0 bridgehead atoms. The van der Waals surface area contributed by atoms with Crippen LogP contribution in [0.3, 0.4) is 0 Å². The third kappa shape index (κ3) is 7.55. The molecule has 0 saturated heterocycles. The first-order valence-corrected chi connectivity index (χ1v) is 12.5. The number of carbonyl (C=O) groups is 3. The monoisotopic (exact) mass is 534 g/mol. The average molecular weight is 535 g/mol. The lowest BCUT2D eigenvalue weighted by Crippen LogP contribution is -2.51. The Morgan fingerprint density at radius 2 is 1.51 bits per heavy atom. The number of carbonyl (C=O) groups excluding carboxylic acids is 3. The Bertz CT molecular complexity index is 1250. The molecule has 2 amide bonds. The molecular formula is C29H34N4O6. The zero-order chi connectivity index (χ0) is 28.5. The molecule has 1 atom stereocenters. The Hall–Kier alpha value is -4.44. The van der Waals surface area contributed by atoms with E-state index in [1.807, 2.05) is 62.4 Å². The molecule has 1 heterocycles. The third-order valence-corrected chi connectivity index (χ3v) is 5.95. The van der Waals surface area contributed by atoms with Crippen LogP contribution in [0.5, 0.6) is 11.5 Å². The van der Waals surface area contributed by atoms with E-state index in [0.717, 1.165) is 22.3 Å². The van der Waals surface area contributed by atoms with E-state index in [1.165, 1.54) is 19.4 Å². The second-order valence-electron chi connectivity index (χ2n) is 8.98. The molecule has 0 aliphatic rings. The number of ether oxygens (including phenoxy) is 3. The van der Waals surface area contributed by atoms with Gasteiger partial charge in [0.05, 0.1) is 19.8 Å². The van der Waals surface area contributed by atoms with Gasteiger partial charge in [-0.2, -0.15) is 0 Å². The fraction of sp³-hybridized carbons (Fsp3) is 0.310. The van der Waals surface area contributed by atoms with Crippen LogP contribution < -0.4 is 20.2 Å². The summed E-state index contributed by atoms with van der Waals surface area (Å²) in [7, 11) is 3.13. The van der Waals surface area contributed by atoms with Crippen LogP contribution in [-0.2, 0) is 9.53 Å². The average Bonchev–Trinajstić information content (AvgIpc) is 2.91. The molecule has 10 heteroatoms. The summed E-state index contributed by atoms with van der Waals surface area (Å²) >= 11 is 0. The highest BCUT2D eigenvalue weighted by atomic mass is 16.7.